The lowest BCUT2D eigenvalue weighted by atomic mass is 10.2. The first kappa shape index (κ1) is 20.8. The number of ether oxygens (including phenoxy) is 1. The van der Waals surface area contributed by atoms with Crippen LogP contribution in [0.3, 0.4) is 0 Å². The van der Waals surface area contributed by atoms with Crippen molar-refractivity contribution < 1.29 is 14.1 Å². The smallest absolute Gasteiger partial charge is 0.340 e. The molecular weight excluding hydrogens is 392 g/mol. The number of benzene rings is 1. The van der Waals surface area contributed by atoms with E-state index in [1.54, 1.807) is 30.6 Å². The minimum absolute atomic E-state index is 0.377. The van der Waals surface area contributed by atoms with Crippen LogP contribution in [0.5, 0.6) is 0 Å². The maximum Gasteiger partial charge on any atom is 0.340 e. The van der Waals surface area contributed by atoms with E-state index in [9.17, 15) is 9.35 Å². The Balaban J connectivity index is 2.21. The van der Waals surface area contributed by atoms with E-state index in [0.717, 1.165) is 10.5 Å². The average Bonchev–Trinajstić information content (AvgIpc) is 2.60. The van der Waals surface area contributed by atoms with Crippen molar-refractivity contribution in [2.45, 2.75) is 35.4 Å². The van der Waals surface area contributed by atoms with Crippen molar-refractivity contribution in [3.8, 4) is 0 Å². The number of methoxy groups -OCH3 is 1. The lowest BCUT2D eigenvalue weighted by Crippen LogP contribution is -2.25. The zero-order valence-electron chi connectivity index (χ0n) is 14.9. The third-order valence-electron chi connectivity index (χ3n) is 3.16. The fraction of sp³-hybridized carbons (Fsp3) is 0.278. The van der Waals surface area contributed by atoms with Gasteiger partial charge >= 0.3 is 5.97 Å². The highest BCUT2D eigenvalue weighted by Gasteiger charge is 2.25. The molecule has 2 aromatic rings. The van der Waals surface area contributed by atoms with Crippen LogP contribution in [0.25, 0.3) is 0 Å². The fourth-order valence-corrected chi connectivity index (χ4v) is 3.50. The van der Waals surface area contributed by atoms with Crippen molar-refractivity contribution in [2.24, 2.45) is 4.40 Å². The molecule has 1 aromatic carbocycles. The summed E-state index contributed by atoms with van der Waals surface area (Å²) in [6, 6.07) is 8.68. The Kier molecular flexibility index (Phi) is 7.11. The van der Waals surface area contributed by atoms with E-state index >= 15 is 0 Å². The molecule has 5 nitrogen and oxygen atoms in total. The molecule has 2 rings (SSSR count). The number of hydrogen-bond acceptors (Lipinski definition) is 6. The summed E-state index contributed by atoms with van der Waals surface area (Å²) in [4.78, 5) is 16.8. The summed E-state index contributed by atoms with van der Waals surface area (Å²) in [6.45, 7) is 5.58. The predicted molar refractivity (Wildman–Crippen MR) is 107 cm³/mol. The van der Waals surface area contributed by atoms with Gasteiger partial charge in [0.1, 0.15) is 21.1 Å². The molecule has 138 valence electrons. The number of aromatic nitrogens is 1. The second-order valence-electron chi connectivity index (χ2n) is 6.24. The van der Waals surface area contributed by atoms with Crippen LogP contribution in [-0.4, -0.2) is 33.6 Å². The van der Waals surface area contributed by atoms with Gasteiger partial charge in [-0.1, -0.05) is 33.8 Å². The molecule has 0 spiro atoms. The zero-order chi connectivity index (χ0) is 19.3. The van der Waals surface area contributed by atoms with Crippen LogP contribution in [0.1, 0.15) is 36.7 Å². The minimum Gasteiger partial charge on any atom is -0.591 e. The highest BCUT2D eigenvalue weighted by Crippen LogP contribution is 2.34. The van der Waals surface area contributed by atoms with Gasteiger partial charge < -0.3 is 9.29 Å². The van der Waals surface area contributed by atoms with Crippen molar-refractivity contribution in [1.82, 2.24) is 4.98 Å². The van der Waals surface area contributed by atoms with Crippen LogP contribution < -0.4 is 0 Å². The Hall–Kier alpha value is -1.54. The van der Waals surface area contributed by atoms with Gasteiger partial charge in [-0.05, 0) is 50.6 Å². The minimum atomic E-state index is -1.33. The topological polar surface area (TPSA) is 74.6 Å². The molecule has 0 amide bonds. The van der Waals surface area contributed by atoms with Crippen LogP contribution in [-0.2, 0) is 16.1 Å². The lowest BCUT2D eigenvalue weighted by molar-refractivity contribution is 0.0596. The molecule has 0 fully saturated rings. The van der Waals surface area contributed by atoms with Crippen molar-refractivity contribution in [1.29, 1.82) is 0 Å². The second-order valence-corrected chi connectivity index (χ2v) is 9.61. The lowest BCUT2D eigenvalue weighted by Gasteiger charge is -2.17. The monoisotopic (exact) mass is 410 g/mol. The maximum absolute atomic E-state index is 12.0. The summed E-state index contributed by atoms with van der Waals surface area (Å²) in [5, 5.41) is 0.999. The van der Waals surface area contributed by atoms with Crippen LogP contribution >= 0.6 is 23.4 Å². The molecule has 0 bridgehead atoms. The summed E-state index contributed by atoms with van der Waals surface area (Å²) in [7, 11) is 1.33. The van der Waals surface area contributed by atoms with Gasteiger partial charge in [-0.15, -0.1) is 0 Å². The predicted octanol–water partition coefficient (Wildman–Crippen LogP) is 4.55. The summed E-state index contributed by atoms with van der Waals surface area (Å²) in [5.74, 6) is -0.454. The van der Waals surface area contributed by atoms with E-state index in [-0.39, 0.29) is 0 Å². The van der Waals surface area contributed by atoms with Crippen LogP contribution in [0.15, 0.2) is 50.8 Å². The first-order valence-corrected chi connectivity index (χ1v) is 9.99. The number of hydrogen-bond donors (Lipinski definition) is 0. The molecule has 0 aliphatic heterocycles. The number of esters is 1. The molecule has 0 N–H and O–H groups in total. The normalized spacial score (nSPS) is 13.0. The largest absolute Gasteiger partial charge is 0.591 e. The average molecular weight is 411 g/mol. The van der Waals surface area contributed by atoms with Crippen molar-refractivity contribution in [2.75, 3.05) is 7.11 Å². The summed E-state index contributed by atoms with van der Waals surface area (Å²) in [5.41, 5.74) is 1.12. The molecular formula is C18H19ClN2O3S2. The molecule has 0 aliphatic rings. The van der Waals surface area contributed by atoms with Crippen molar-refractivity contribution >= 4 is 46.9 Å². The van der Waals surface area contributed by atoms with Crippen molar-refractivity contribution in [3.05, 3.63) is 52.7 Å². The van der Waals surface area contributed by atoms with Gasteiger partial charge in [-0.2, -0.15) is 0 Å². The van der Waals surface area contributed by atoms with Gasteiger partial charge in [0, 0.05) is 11.1 Å². The molecule has 1 unspecified atom stereocenters. The highest BCUT2D eigenvalue weighted by atomic mass is 35.5. The molecule has 0 saturated carbocycles. The SMILES string of the molecule is COC(=O)c1cccnc1Sc1ccc(C=N[S+]([O-])C(C)(C)C)cc1Cl. The third-order valence-corrected chi connectivity index (χ3v) is 6.02. The van der Waals surface area contributed by atoms with Gasteiger partial charge in [-0.3, -0.25) is 0 Å². The Morgan fingerprint density at radius 1 is 1.38 bits per heavy atom. The summed E-state index contributed by atoms with van der Waals surface area (Å²) >= 11 is 6.29. The highest BCUT2D eigenvalue weighted by molar-refractivity contribution is 7.99. The van der Waals surface area contributed by atoms with Crippen LogP contribution in [0.2, 0.25) is 5.02 Å². The third kappa shape index (κ3) is 5.48. The zero-order valence-corrected chi connectivity index (χ0v) is 17.2. The van der Waals surface area contributed by atoms with Gasteiger partial charge in [0.2, 0.25) is 0 Å². The molecule has 8 heteroatoms. The maximum atomic E-state index is 12.0. The molecule has 1 aromatic heterocycles. The van der Waals surface area contributed by atoms with E-state index < -0.39 is 22.1 Å². The molecule has 1 heterocycles. The number of pyridine rings is 1. The first-order chi connectivity index (χ1) is 12.2. The Morgan fingerprint density at radius 2 is 2.12 bits per heavy atom. The summed E-state index contributed by atoms with van der Waals surface area (Å²) < 4.78 is 20.4. The number of carbonyl (C=O) groups is 1. The molecule has 0 aliphatic carbocycles. The Labute approximate surface area is 165 Å². The number of rotatable bonds is 5. The van der Waals surface area contributed by atoms with E-state index in [2.05, 4.69) is 9.38 Å². The molecule has 0 saturated heterocycles. The summed E-state index contributed by atoms with van der Waals surface area (Å²) in [6.07, 6.45) is 3.15. The standard InChI is InChI=1S/C18H19ClN2O3S2/c1-18(2,3)26(23)21-11-12-7-8-15(14(19)10-12)25-16-13(17(22)24-4)6-5-9-20-16/h5-11H,1-4H3. The first-order valence-electron chi connectivity index (χ1n) is 7.69. The van der Waals surface area contributed by atoms with Gasteiger partial charge in [0.15, 0.2) is 0 Å². The quantitative estimate of drug-likeness (QED) is 0.410. The van der Waals surface area contributed by atoms with Gasteiger partial charge in [-0.25, -0.2) is 9.78 Å². The van der Waals surface area contributed by atoms with E-state index in [1.807, 2.05) is 32.9 Å². The number of halogens is 1. The van der Waals surface area contributed by atoms with Gasteiger partial charge in [0.05, 0.1) is 23.9 Å². The Bertz CT molecular complexity index is 822. The molecule has 0 radical (unpaired) electrons. The van der Waals surface area contributed by atoms with E-state index in [4.69, 9.17) is 16.3 Å². The molecule has 26 heavy (non-hydrogen) atoms. The number of nitrogens with zero attached hydrogens (tertiary/aromatic N) is 2. The van der Waals surface area contributed by atoms with Gasteiger partial charge in [0.25, 0.3) is 0 Å². The van der Waals surface area contributed by atoms with E-state index in [1.165, 1.54) is 18.9 Å². The van der Waals surface area contributed by atoms with Crippen molar-refractivity contribution in [3.63, 3.8) is 0 Å². The second kappa shape index (κ2) is 8.90. The van der Waals surface area contributed by atoms with Crippen LogP contribution in [0.4, 0.5) is 0 Å². The fourth-order valence-electron chi connectivity index (χ4n) is 1.79. The molecule has 1 atom stereocenters. The van der Waals surface area contributed by atoms with E-state index in [0.29, 0.717) is 15.6 Å². The number of carbonyl (C=O) groups excluding carboxylic acids is 1. The van der Waals surface area contributed by atoms with Crippen LogP contribution in [0, 0.1) is 0 Å². The Morgan fingerprint density at radius 3 is 2.73 bits per heavy atom.